The molecule has 0 atom stereocenters. The minimum absolute atomic E-state index is 0.0282. The van der Waals surface area contributed by atoms with Crippen LogP contribution in [0.25, 0.3) is 0 Å². The number of nitrogens with one attached hydrogen (secondary N) is 2. The van der Waals surface area contributed by atoms with Gasteiger partial charge in [0.1, 0.15) is 5.75 Å². The van der Waals surface area contributed by atoms with Gasteiger partial charge in [-0.15, -0.1) is 0 Å². The fourth-order valence-electron chi connectivity index (χ4n) is 3.40. The van der Waals surface area contributed by atoms with E-state index in [-0.39, 0.29) is 11.9 Å². The summed E-state index contributed by atoms with van der Waals surface area (Å²) in [5.41, 5.74) is 2.97. The van der Waals surface area contributed by atoms with E-state index >= 15 is 0 Å². The van der Waals surface area contributed by atoms with Crippen LogP contribution in [0.5, 0.6) is 5.75 Å². The van der Waals surface area contributed by atoms with Crippen molar-refractivity contribution in [3.63, 3.8) is 0 Å². The number of hydrogen-bond acceptors (Lipinski definition) is 4. The van der Waals surface area contributed by atoms with Gasteiger partial charge in [-0.05, 0) is 42.3 Å². The summed E-state index contributed by atoms with van der Waals surface area (Å²) in [7, 11) is 1.65. The Balaban J connectivity index is 1.45. The first-order chi connectivity index (χ1) is 14.0. The normalized spacial score (nSPS) is 13.7. The number of benzene rings is 2. The molecule has 0 saturated carbocycles. The molecule has 1 heterocycles. The number of nitrogens with zero attached hydrogens (tertiary/aromatic N) is 2. The van der Waals surface area contributed by atoms with E-state index in [1.54, 1.807) is 7.11 Å². The van der Waals surface area contributed by atoms with Crippen molar-refractivity contribution in [2.45, 2.75) is 13.3 Å². The fraction of sp³-hybridized carbons (Fsp3) is 0.364. The molecule has 29 heavy (non-hydrogen) atoms. The van der Waals surface area contributed by atoms with Gasteiger partial charge < -0.3 is 25.2 Å². The van der Waals surface area contributed by atoms with Gasteiger partial charge >= 0.3 is 6.03 Å². The smallest absolute Gasteiger partial charge is 0.317 e. The lowest BCUT2D eigenvalue weighted by molar-refractivity contribution is -0.114. The molecule has 2 aromatic carbocycles. The van der Waals surface area contributed by atoms with Gasteiger partial charge in [0.25, 0.3) is 0 Å². The summed E-state index contributed by atoms with van der Waals surface area (Å²) in [6.07, 6.45) is 0.763. The maximum Gasteiger partial charge on any atom is 0.317 e. The summed E-state index contributed by atoms with van der Waals surface area (Å²) in [5.74, 6) is 0.741. The Morgan fingerprint density at radius 1 is 1.03 bits per heavy atom. The largest absolute Gasteiger partial charge is 0.497 e. The van der Waals surface area contributed by atoms with E-state index in [0.29, 0.717) is 19.6 Å². The summed E-state index contributed by atoms with van der Waals surface area (Å²) < 4.78 is 5.23. The van der Waals surface area contributed by atoms with Gasteiger partial charge in [0, 0.05) is 51.0 Å². The molecule has 3 amide bonds. The first-order valence-electron chi connectivity index (χ1n) is 9.83. The van der Waals surface area contributed by atoms with Gasteiger partial charge in [0.15, 0.2) is 0 Å². The molecule has 1 fully saturated rings. The molecule has 7 nitrogen and oxygen atoms in total. The Kier molecular flexibility index (Phi) is 6.94. The summed E-state index contributed by atoms with van der Waals surface area (Å²) in [5, 5.41) is 5.81. The Hall–Kier alpha value is -3.22. The van der Waals surface area contributed by atoms with Crippen molar-refractivity contribution < 1.29 is 14.3 Å². The number of methoxy groups -OCH3 is 1. The molecule has 0 aromatic heterocycles. The van der Waals surface area contributed by atoms with E-state index in [9.17, 15) is 9.59 Å². The average Bonchev–Trinajstić information content (AvgIpc) is 2.73. The van der Waals surface area contributed by atoms with Crippen LogP contribution in [-0.4, -0.2) is 56.7 Å². The number of carbonyl (C=O) groups is 2. The van der Waals surface area contributed by atoms with Crippen molar-refractivity contribution in [1.29, 1.82) is 0 Å². The molecular formula is C22H28N4O3. The monoisotopic (exact) mass is 396 g/mol. The zero-order valence-corrected chi connectivity index (χ0v) is 17.0. The van der Waals surface area contributed by atoms with Crippen LogP contribution in [-0.2, 0) is 11.2 Å². The van der Waals surface area contributed by atoms with Crippen molar-refractivity contribution >= 4 is 23.3 Å². The highest BCUT2D eigenvalue weighted by molar-refractivity contribution is 5.89. The first kappa shape index (κ1) is 20.5. The van der Waals surface area contributed by atoms with Crippen molar-refractivity contribution in [2.75, 3.05) is 50.1 Å². The molecule has 1 aliphatic rings. The molecule has 0 bridgehead atoms. The number of anilines is 2. The minimum atomic E-state index is -0.0856. The van der Waals surface area contributed by atoms with Gasteiger partial charge in [0.2, 0.25) is 5.91 Å². The molecule has 0 radical (unpaired) electrons. The van der Waals surface area contributed by atoms with E-state index in [1.165, 1.54) is 6.92 Å². The lowest BCUT2D eigenvalue weighted by atomic mass is 10.1. The summed E-state index contributed by atoms with van der Waals surface area (Å²) in [6, 6.07) is 15.6. The number of piperazine rings is 1. The topological polar surface area (TPSA) is 73.9 Å². The number of rotatable bonds is 6. The van der Waals surface area contributed by atoms with Crippen molar-refractivity contribution in [3.05, 3.63) is 54.1 Å². The molecule has 0 aliphatic carbocycles. The second-order valence-corrected chi connectivity index (χ2v) is 7.04. The molecular weight excluding hydrogens is 368 g/mol. The van der Waals surface area contributed by atoms with Crippen LogP contribution in [0.2, 0.25) is 0 Å². The highest BCUT2D eigenvalue weighted by atomic mass is 16.5. The molecule has 1 aliphatic heterocycles. The third kappa shape index (κ3) is 5.88. The average molecular weight is 396 g/mol. The van der Waals surface area contributed by atoms with Gasteiger partial charge in [-0.1, -0.05) is 18.2 Å². The Bertz CT molecular complexity index is 847. The third-order valence-electron chi connectivity index (χ3n) is 4.92. The van der Waals surface area contributed by atoms with Crippen molar-refractivity contribution in [2.24, 2.45) is 0 Å². The zero-order chi connectivity index (χ0) is 20.6. The Morgan fingerprint density at radius 2 is 1.79 bits per heavy atom. The summed E-state index contributed by atoms with van der Waals surface area (Å²) >= 11 is 0. The van der Waals surface area contributed by atoms with Crippen LogP contribution in [0.1, 0.15) is 12.5 Å². The van der Waals surface area contributed by atoms with Crippen molar-refractivity contribution in [3.8, 4) is 5.75 Å². The van der Waals surface area contributed by atoms with Crippen LogP contribution in [0.3, 0.4) is 0 Å². The predicted molar refractivity (Wildman–Crippen MR) is 115 cm³/mol. The van der Waals surface area contributed by atoms with E-state index in [0.717, 1.165) is 42.2 Å². The molecule has 1 saturated heterocycles. The number of ether oxygens (including phenoxy) is 1. The van der Waals surface area contributed by atoms with E-state index in [2.05, 4.69) is 15.5 Å². The number of urea groups is 1. The van der Waals surface area contributed by atoms with E-state index in [1.807, 2.05) is 53.4 Å². The SMILES string of the molecule is COc1cccc(CCNC(=O)N2CCN(c3cccc(NC(C)=O)c3)CC2)c1. The fourth-order valence-corrected chi connectivity index (χ4v) is 3.40. The van der Waals surface area contributed by atoms with Crippen LogP contribution in [0.15, 0.2) is 48.5 Å². The quantitative estimate of drug-likeness (QED) is 0.787. The predicted octanol–water partition coefficient (Wildman–Crippen LogP) is 2.73. The summed E-state index contributed by atoms with van der Waals surface area (Å²) in [6.45, 7) is 4.92. The molecule has 2 aromatic rings. The van der Waals surface area contributed by atoms with Gasteiger partial charge in [0.05, 0.1) is 7.11 Å². The molecule has 0 spiro atoms. The minimum Gasteiger partial charge on any atom is -0.497 e. The molecule has 2 N–H and O–H groups in total. The van der Waals surface area contributed by atoms with Gasteiger partial charge in [-0.3, -0.25) is 4.79 Å². The van der Waals surface area contributed by atoms with Crippen LogP contribution >= 0.6 is 0 Å². The maximum atomic E-state index is 12.5. The second kappa shape index (κ2) is 9.82. The van der Waals surface area contributed by atoms with E-state index in [4.69, 9.17) is 4.74 Å². The maximum absolute atomic E-state index is 12.5. The molecule has 3 rings (SSSR count). The van der Waals surface area contributed by atoms with Crippen molar-refractivity contribution in [1.82, 2.24) is 10.2 Å². The number of amides is 3. The van der Waals surface area contributed by atoms with Crippen LogP contribution in [0, 0.1) is 0 Å². The zero-order valence-electron chi connectivity index (χ0n) is 17.0. The first-order valence-corrected chi connectivity index (χ1v) is 9.83. The Labute approximate surface area is 171 Å². The number of carbonyl (C=O) groups excluding carboxylic acids is 2. The Morgan fingerprint density at radius 3 is 2.52 bits per heavy atom. The van der Waals surface area contributed by atoms with Crippen LogP contribution in [0.4, 0.5) is 16.2 Å². The van der Waals surface area contributed by atoms with Crippen LogP contribution < -0.4 is 20.3 Å². The lowest BCUT2D eigenvalue weighted by Gasteiger charge is -2.36. The molecule has 0 unspecified atom stereocenters. The van der Waals surface area contributed by atoms with Gasteiger partial charge in [-0.25, -0.2) is 4.79 Å². The summed E-state index contributed by atoms with van der Waals surface area (Å²) in [4.78, 5) is 27.8. The highest BCUT2D eigenvalue weighted by Crippen LogP contribution is 2.21. The van der Waals surface area contributed by atoms with E-state index < -0.39 is 0 Å². The lowest BCUT2D eigenvalue weighted by Crippen LogP contribution is -2.52. The standard InChI is InChI=1S/C22H28N4O3/c1-17(27)24-19-6-4-7-20(16-19)25-11-13-26(14-12-25)22(28)23-10-9-18-5-3-8-21(15-18)29-2/h3-8,15-16H,9-14H2,1-2H3,(H,23,28)(H,24,27). The molecule has 154 valence electrons. The highest BCUT2D eigenvalue weighted by Gasteiger charge is 2.21. The van der Waals surface area contributed by atoms with Gasteiger partial charge in [-0.2, -0.15) is 0 Å². The second-order valence-electron chi connectivity index (χ2n) is 7.04. The number of hydrogen-bond donors (Lipinski definition) is 2. The molecule has 7 heteroatoms. The third-order valence-corrected chi connectivity index (χ3v) is 4.92.